The third-order valence-corrected chi connectivity index (χ3v) is 4.04. The predicted octanol–water partition coefficient (Wildman–Crippen LogP) is 3.32. The summed E-state index contributed by atoms with van der Waals surface area (Å²) in [5, 5.41) is 7.00. The summed E-state index contributed by atoms with van der Waals surface area (Å²) in [5.74, 6) is -1.65. The molecule has 5 nitrogen and oxygen atoms in total. The van der Waals surface area contributed by atoms with Gasteiger partial charge in [-0.25, -0.2) is 5.43 Å². The lowest BCUT2D eigenvalue weighted by atomic mass is 10.1. The number of carbonyl (C=O) groups is 2. The molecule has 2 aromatic carbocycles. The Bertz CT molecular complexity index is 764. The topological polar surface area (TPSA) is 70.6 Å². The first kappa shape index (κ1) is 18.0. The lowest BCUT2D eigenvalue weighted by molar-refractivity contribution is -0.139. The number of benzene rings is 2. The summed E-state index contributed by atoms with van der Waals surface area (Å²) in [6, 6.07) is 14.0. The van der Waals surface area contributed by atoms with Gasteiger partial charge in [0.2, 0.25) is 0 Å². The number of halogens is 2. The van der Waals surface area contributed by atoms with Crippen molar-refractivity contribution in [2.75, 3.05) is 0 Å². The molecule has 0 radical (unpaired) electrons. The van der Waals surface area contributed by atoms with E-state index in [2.05, 4.69) is 15.8 Å². The van der Waals surface area contributed by atoms with Gasteiger partial charge >= 0.3 is 11.8 Å². The molecule has 124 valence electrons. The van der Waals surface area contributed by atoms with Crippen LogP contribution in [-0.2, 0) is 9.59 Å². The van der Waals surface area contributed by atoms with E-state index in [9.17, 15) is 9.59 Å². The number of rotatable bonds is 4. The van der Waals surface area contributed by atoms with Crippen molar-refractivity contribution in [1.29, 1.82) is 0 Å². The summed E-state index contributed by atoms with van der Waals surface area (Å²) >= 11 is 11.9. The molecule has 1 atom stereocenters. The Kier molecular flexibility index (Phi) is 6.35. The molecule has 7 heteroatoms. The fourth-order valence-electron chi connectivity index (χ4n) is 1.92. The molecule has 0 heterocycles. The smallest absolute Gasteiger partial charge is 0.329 e. The monoisotopic (exact) mass is 363 g/mol. The molecule has 0 saturated heterocycles. The van der Waals surface area contributed by atoms with Crippen LogP contribution in [0.2, 0.25) is 10.0 Å². The van der Waals surface area contributed by atoms with Gasteiger partial charge in [-0.15, -0.1) is 0 Å². The third kappa shape index (κ3) is 4.81. The zero-order chi connectivity index (χ0) is 17.5. The molecule has 0 aliphatic rings. The van der Waals surface area contributed by atoms with Crippen molar-refractivity contribution >= 4 is 41.2 Å². The van der Waals surface area contributed by atoms with E-state index in [1.54, 1.807) is 25.1 Å². The van der Waals surface area contributed by atoms with Gasteiger partial charge < -0.3 is 5.32 Å². The number of amides is 2. The van der Waals surface area contributed by atoms with Crippen LogP contribution < -0.4 is 10.7 Å². The van der Waals surface area contributed by atoms with Crippen LogP contribution >= 0.6 is 23.2 Å². The number of nitrogens with one attached hydrogen (secondary N) is 2. The van der Waals surface area contributed by atoms with Crippen LogP contribution in [0.15, 0.2) is 53.6 Å². The highest BCUT2D eigenvalue weighted by atomic mass is 35.5. The molecule has 0 unspecified atom stereocenters. The average Bonchev–Trinajstić information content (AvgIpc) is 2.59. The van der Waals surface area contributed by atoms with Crippen LogP contribution in [0.4, 0.5) is 0 Å². The van der Waals surface area contributed by atoms with Crippen molar-refractivity contribution in [1.82, 2.24) is 10.7 Å². The second-order valence-electron chi connectivity index (χ2n) is 4.95. The van der Waals surface area contributed by atoms with Crippen LogP contribution in [-0.4, -0.2) is 18.0 Å². The number of hydrazone groups is 1. The first-order valence-corrected chi connectivity index (χ1v) is 7.87. The van der Waals surface area contributed by atoms with Crippen molar-refractivity contribution in [3.05, 3.63) is 69.7 Å². The summed E-state index contributed by atoms with van der Waals surface area (Å²) < 4.78 is 0. The summed E-state index contributed by atoms with van der Waals surface area (Å²) in [6.45, 7) is 1.79. The minimum absolute atomic E-state index is 0.296. The van der Waals surface area contributed by atoms with Crippen molar-refractivity contribution in [3.8, 4) is 0 Å². The van der Waals surface area contributed by atoms with Crippen LogP contribution in [0.25, 0.3) is 0 Å². The summed E-state index contributed by atoms with van der Waals surface area (Å²) in [5.41, 5.74) is 3.58. The van der Waals surface area contributed by atoms with Crippen molar-refractivity contribution in [3.63, 3.8) is 0 Å². The van der Waals surface area contributed by atoms with Crippen molar-refractivity contribution in [2.45, 2.75) is 13.0 Å². The van der Waals surface area contributed by atoms with Gasteiger partial charge in [-0.3, -0.25) is 9.59 Å². The van der Waals surface area contributed by atoms with E-state index in [-0.39, 0.29) is 6.04 Å². The molecule has 0 bridgehead atoms. The molecule has 2 N–H and O–H groups in total. The largest absolute Gasteiger partial charge is 0.341 e. The summed E-state index contributed by atoms with van der Waals surface area (Å²) in [4.78, 5) is 23.6. The summed E-state index contributed by atoms with van der Waals surface area (Å²) in [6.07, 6.45) is 1.32. The highest BCUT2D eigenvalue weighted by Gasteiger charge is 2.16. The maximum Gasteiger partial charge on any atom is 0.329 e. The first-order valence-electron chi connectivity index (χ1n) is 7.12. The molecule has 2 amide bonds. The minimum atomic E-state index is -0.868. The molecule has 0 fully saturated rings. The zero-order valence-electron chi connectivity index (χ0n) is 12.8. The molecule has 0 spiro atoms. The van der Waals surface area contributed by atoms with Gasteiger partial charge in [0.25, 0.3) is 0 Å². The van der Waals surface area contributed by atoms with Crippen molar-refractivity contribution < 1.29 is 9.59 Å². The maximum absolute atomic E-state index is 11.8. The molecular formula is C17H15Cl2N3O2. The predicted molar refractivity (Wildman–Crippen MR) is 95.2 cm³/mol. The van der Waals surface area contributed by atoms with Gasteiger partial charge in [-0.05, 0) is 18.6 Å². The van der Waals surface area contributed by atoms with Crippen LogP contribution in [0.5, 0.6) is 0 Å². The molecule has 0 aliphatic carbocycles. The molecular weight excluding hydrogens is 349 g/mol. The van der Waals surface area contributed by atoms with Crippen LogP contribution in [0.1, 0.15) is 24.1 Å². The third-order valence-electron chi connectivity index (χ3n) is 3.20. The Morgan fingerprint density at radius 2 is 1.75 bits per heavy atom. The lowest BCUT2D eigenvalue weighted by Gasteiger charge is -2.13. The average molecular weight is 364 g/mol. The van der Waals surface area contributed by atoms with Crippen LogP contribution in [0.3, 0.4) is 0 Å². The molecule has 24 heavy (non-hydrogen) atoms. The van der Waals surface area contributed by atoms with E-state index >= 15 is 0 Å². The van der Waals surface area contributed by atoms with Gasteiger partial charge in [0.05, 0.1) is 22.3 Å². The van der Waals surface area contributed by atoms with E-state index in [0.717, 1.165) is 5.56 Å². The zero-order valence-corrected chi connectivity index (χ0v) is 14.3. The van der Waals surface area contributed by atoms with Gasteiger partial charge in [-0.1, -0.05) is 65.7 Å². The number of nitrogens with zero attached hydrogens (tertiary/aromatic N) is 1. The summed E-state index contributed by atoms with van der Waals surface area (Å²) in [7, 11) is 0. The van der Waals surface area contributed by atoms with Gasteiger partial charge in [0.15, 0.2) is 0 Å². The Balaban J connectivity index is 1.91. The Hall–Kier alpha value is -2.37. The van der Waals surface area contributed by atoms with E-state index in [4.69, 9.17) is 23.2 Å². The van der Waals surface area contributed by atoms with E-state index in [0.29, 0.717) is 15.6 Å². The quantitative estimate of drug-likeness (QED) is 0.496. The number of hydrogen-bond acceptors (Lipinski definition) is 3. The fraction of sp³-hybridized carbons (Fsp3) is 0.118. The Morgan fingerprint density at radius 3 is 2.46 bits per heavy atom. The Morgan fingerprint density at radius 1 is 1.04 bits per heavy atom. The fourth-order valence-corrected chi connectivity index (χ4v) is 2.28. The van der Waals surface area contributed by atoms with E-state index in [1.165, 1.54) is 6.21 Å². The highest BCUT2D eigenvalue weighted by molar-refractivity contribution is 6.43. The normalized spacial score (nSPS) is 12.0. The van der Waals surface area contributed by atoms with E-state index in [1.807, 2.05) is 30.3 Å². The van der Waals surface area contributed by atoms with Crippen molar-refractivity contribution in [2.24, 2.45) is 5.10 Å². The van der Waals surface area contributed by atoms with Crippen LogP contribution in [0, 0.1) is 0 Å². The second-order valence-corrected chi connectivity index (χ2v) is 5.73. The maximum atomic E-state index is 11.8. The highest BCUT2D eigenvalue weighted by Crippen LogP contribution is 2.24. The van der Waals surface area contributed by atoms with Gasteiger partial charge in [-0.2, -0.15) is 5.10 Å². The molecule has 2 aromatic rings. The van der Waals surface area contributed by atoms with E-state index < -0.39 is 11.8 Å². The number of carbonyl (C=O) groups excluding carboxylic acids is 2. The first-order chi connectivity index (χ1) is 11.5. The number of hydrogen-bond donors (Lipinski definition) is 2. The molecule has 0 saturated carbocycles. The molecule has 0 aromatic heterocycles. The van der Waals surface area contributed by atoms with Gasteiger partial charge in [0, 0.05) is 5.56 Å². The van der Waals surface area contributed by atoms with Gasteiger partial charge in [0.1, 0.15) is 0 Å². The molecule has 0 aliphatic heterocycles. The Labute approximate surface area is 149 Å². The second kappa shape index (κ2) is 8.47. The standard InChI is InChI=1S/C17H15Cl2N3O2/c1-11(12-6-3-2-4-7-12)21-16(23)17(24)22-20-10-13-8-5-9-14(18)15(13)19/h2-11H,1H3,(H,21,23)(H,22,24)/b20-10-/t11-/m1/s1. The lowest BCUT2D eigenvalue weighted by Crippen LogP contribution is -2.39. The minimum Gasteiger partial charge on any atom is -0.341 e. The molecule has 2 rings (SSSR count). The SMILES string of the molecule is C[C@@H](NC(=O)C(=O)N/N=C\c1cccc(Cl)c1Cl)c1ccccc1.